The van der Waals surface area contributed by atoms with Crippen LogP contribution in [-0.4, -0.2) is 23.0 Å². The van der Waals surface area contributed by atoms with E-state index in [2.05, 4.69) is 10.2 Å². The predicted molar refractivity (Wildman–Crippen MR) is 113 cm³/mol. The lowest BCUT2D eigenvalue weighted by Gasteiger charge is -2.20. The molecule has 0 atom stereocenters. The molecule has 0 amide bonds. The molecule has 0 fully saturated rings. The summed E-state index contributed by atoms with van der Waals surface area (Å²) in [4.78, 5) is 24.8. The van der Waals surface area contributed by atoms with Gasteiger partial charge in [-0.2, -0.15) is 5.10 Å². The lowest BCUT2D eigenvalue weighted by atomic mass is 10.0. The topological polar surface area (TPSA) is 90.5 Å². The summed E-state index contributed by atoms with van der Waals surface area (Å²) in [5.41, 5.74) is 1.72. The number of H-pyrrole nitrogens is 1. The lowest BCUT2D eigenvalue weighted by molar-refractivity contribution is -0.0173. The maximum atomic E-state index is 14.0. The number of ether oxygens (including phenoxy) is 3. The van der Waals surface area contributed by atoms with Gasteiger partial charge in [-0.05, 0) is 35.9 Å². The van der Waals surface area contributed by atoms with E-state index in [9.17, 15) is 14.0 Å². The molecule has 160 valence electrons. The first kappa shape index (κ1) is 19.9. The molecule has 0 saturated heterocycles. The third kappa shape index (κ3) is 3.83. The van der Waals surface area contributed by atoms with Crippen molar-refractivity contribution >= 4 is 16.7 Å². The molecule has 1 aliphatic rings. The summed E-state index contributed by atoms with van der Waals surface area (Å²) in [6, 6.07) is 16.5. The summed E-state index contributed by atoms with van der Waals surface area (Å²) >= 11 is 0. The van der Waals surface area contributed by atoms with Crippen molar-refractivity contribution in [3.8, 4) is 11.5 Å². The van der Waals surface area contributed by atoms with Gasteiger partial charge < -0.3 is 14.2 Å². The zero-order valence-electron chi connectivity index (χ0n) is 16.8. The SMILES string of the molecule is O=C(Oc1cccc(Cc2n[nH]c(=O)c3ccccc23)c1)c1cc(F)cc2c1OCOC2. The van der Waals surface area contributed by atoms with Crippen molar-refractivity contribution in [2.24, 2.45) is 0 Å². The van der Waals surface area contributed by atoms with Gasteiger partial charge in [-0.3, -0.25) is 4.79 Å². The molecule has 0 aliphatic carbocycles. The van der Waals surface area contributed by atoms with Gasteiger partial charge in [0.25, 0.3) is 5.56 Å². The summed E-state index contributed by atoms with van der Waals surface area (Å²) in [7, 11) is 0. The number of aromatic amines is 1. The highest BCUT2D eigenvalue weighted by atomic mass is 19.1. The highest BCUT2D eigenvalue weighted by Crippen LogP contribution is 2.30. The molecule has 1 aromatic heterocycles. The van der Waals surface area contributed by atoms with Crippen LogP contribution in [0.5, 0.6) is 11.5 Å². The molecule has 0 bridgehead atoms. The van der Waals surface area contributed by atoms with Gasteiger partial charge in [-0.25, -0.2) is 14.3 Å². The van der Waals surface area contributed by atoms with Crippen LogP contribution in [0.25, 0.3) is 10.8 Å². The number of rotatable bonds is 4. The summed E-state index contributed by atoms with van der Waals surface area (Å²) in [5.74, 6) is -0.740. The van der Waals surface area contributed by atoms with Crippen molar-refractivity contribution in [1.29, 1.82) is 0 Å². The van der Waals surface area contributed by atoms with Crippen molar-refractivity contribution < 1.29 is 23.4 Å². The minimum atomic E-state index is -0.729. The van der Waals surface area contributed by atoms with Crippen molar-refractivity contribution in [2.75, 3.05) is 6.79 Å². The first-order valence-electron chi connectivity index (χ1n) is 9.89. The molecule has 0 saturated carbocycles. The second kappa shape index (κ2) is 8.24. The van der Waals surface area contributed by atoms with E-state index in [4.69, 9.17) is 14.2 Å². The Kier molecular flexibility index (Phi) is 5.12. The molecule has 5 rings (SSSR count). The number of esters is 1. The first-order valence-corrected chi connectivity index (χ1v) is 9.89. The molecule has 2 heterocycles. The lowest BCUT2D eigenvalue weighted by Crippen LogP contribution is -2.18. The fraction of sp³-hybridized carbons (Fsp3) is 0.125. The van der Waals surface area contributed by atoms with Crippen LogP contribution in [0, 0.1) is 5.82 Å². The Morgan fingerprint density at radius 2 is 1.94 bits per heavy atom. The maximum absolute atomic E-state index is 14.0. The van der Waals surface area contributed by atoms with E-state index in [1.807, 2.05) is 18.2 Å². The Balaban J connectivity index is 1.41. The maximum Gasteiger partial charge on any atom is 0.347 e. The van der Waals surface area contributed by atoms with Crippen LogP contribution in [0.3, 0.4) is 0 Å². The molecule has 0 unspecified atom stereocenters. The number of carbonyl (C=O) groups excluding carboxylic acids is 1. The third-order valence-electron chi connectivity index (χ3n) is 5.15. The van der Waals surface area contributed by atoms with E-state index in [0.29, 0.717) is 28.8 Å². The first-order chi connectivity index (χ1) is 15.6. The molecule has 0 radical (unpaired) electrons. The summed E-state index contributed by atoms with van der Waals surface area (Å²) < 4.78 is 30.0. The molecular weight excluding hydrogens is 415 g/mol. The summed E-state index contributed by atoms with van der Waals surface area (Å²) in [5, 5.41) is 8.01. The molecule has 32 heavy (non-hydrogen) atoms. The normalized spacial score (nSPS) is 12.8. The third-order valence-corrected chi connectivity index (χ3v) is 5.15. The van der Waals surface area contributed by atoms with E-state index in [-0.39, 0.29) is 30.3 Å². The van der Waals surface area contributed by atoms with Gasteiger partial charge in [0.05, 0.1) is 17.7 Å². The number of hydrogen-bond acceptors (Lipinski definition) is 6. The van der Waals surface area contributed by atoms with Gasteiger partial charge in [0.2, 0.25) is 0 Å². The predicted octanol–water partition coefficient (Wildman–Crippen LogP) is 3.74. The van der Waals surface area contributed by atoms with E-state index in [1.165, 1.54) is 6.07 Å². The number of hydrogen-bond donors (Lipinski definition) is 1. The quantitative estimate of drug-likeness (QED) is 0.390. The van der Waals surface area contributed by atoms with Crippen LogP contribution in [0.2, 0.25) is 0 Å². The van der Waals surface area contributed by atoms with Gasteiger partial charge in [0.1, 0.15) is 22.9 Å². The minimum Gasteiger partial charge on any atom is -0.466 e. The molecule has 1 N–H and O–H groups in total. The van der Waals surface area contributed by atoms with Crippen LogP contribution in [-0.2, 0) is 17.8 Å². The Labute approximate surface area is 181 Å². The smallest absolute Gasteiger partial charge is 0.347 e. The molecule has 0 spiro atoms. The Morgan fingerprint density at radius 3 is 2.81 bits per heavy atom. The Morgan fingerprint density at radius 1 is 1.09 bits per heavy atom. The zero-order valence-corrected chi connectivity index (χ0v) is 16.8. The van der Waals surface area contributed by atoms with Crippen molar-refractivity contribution in [2.45, 2.75) is 13.0 Å². The molecule has 4 aromatic rings. The van der Waals surface area contributed by atoms with E-state index in [0.717, 1.165) is 17.0 Å². The molecular formula is C24H17FN2O5. The largest absolute Gasteiger partial charge is 0.466 e. The number of carbonyl (C=O) groups is 1. The molecule has 8 heteroatoms. The summed E-state index contributed by atoms with van der Waals surface area (Å²) in [6.07, 6.45) is 0.415. The van der Waals surface area contributed by atoms with Gasteiger partial charge in [0, 0.05) is 17.4 Å². The number of halogens is 1. The highest BCUT2D eigenvalue weighted by molar-refractivity contribution is 5.94. The van der Waals surface area contributed by atoms with Crippen LogP contribution in [0.4, 0.5) is 4.39 Å². The zero-order chi connectivity index (χ0) is 22.1. The van der Waals surface area contributed by atoms with Gasteiger partial charge in [-0.15, -0.1) is 0 Å². The number of benzene rings is 3. The monoisotopic (exact) mass is 432 g/mol. The second-order valence-corrected chi connectivity index (χ2v) is 7.31. The molecule has 3 aromatic carbocycles. The van der Waals surface area contributed by atoms with E-state index >= 15 is 0 Å². The van der Waals surface area contributed by atoms with Crippen molar-refractivity contribution in [3.05, 3.63) is 99.2 Å². The van der Waals surface area contributed by atoms with Gasteiger partial charge in [-0.1, -0.05) is 30.3 Å². The van der Waals surface area contributed by atoms with E-state index in [1.54, 1.807) is 30.3 Å². The number of aromatic nitrogens is 2. The minimum absolute atomic E-state index is 0.00185. The number of nitrogens with one attached hydrogen (secondary N) is 1. The van der Waals surface area contributed by atoms with Crippen molar-refractivity contribution in [3.63, 3.8) is 0 Å². The average Bonchev–Trinajstić information content (AvgIpc) is 2.81. The number of fused-ring (bicyclic) bond motifs is 2. The van der Waals surface area contributed by atoms with Crippen LogP contribution in [0.1, 0.15) is 27.2 Å². The van der Waals surface area contributed by atoms with Crippen LogP contribution in [0.15, 0.2) is 65.5 Å². The Hall–Kier alpha value is -4.04. The highest BCUT2D eigenvalue weighted by Gasteiger charge is 2.23. The number of nitrogens with zero attached hydrogens (tertiary/aromatic N) is 1. The van der Waals surface area contributed by atoms with Crippen molar-refractivity contribution in [1.82, 2.24) is 10.2 Å². The second-order valence-electron chi connectivity index (χ2n) is 7.31. The Bertz CT molecular complexity index is 1400. The summed E-state index contributed by atoms with van der Waals surface area (Å²) in [6.45, 7) is 0.136. The van der Waals surface area contributed by atoms with Gasteiger partial charge >= 0.3 is 5.97 Å². The van der Waals surface area contributed by atoms with Gasteiger partial charge in [0.15, 0.2) is 6.79 Å². The molecule has 1 aliphatic heterocycles. The fourth-order valence-electron chi connectivity index (χ4n) is 3.71. The van der Waals surface area contributed by atoms with E-state index < -0.39 is 11.8 Å². The van der Waals surface area contributed by atoms with Crippen LogP contribution < -0.4 is 15.0 Å². The average molecular weight is 432 g/mol. The molecule has 7 nitrogen and oxygen atoms in total. The van der Waals surface area contributed by atoms with Crippen LogP contribution >= 0.6 is 0 Å². The fourth-order valence-corrected chi connectivity index (χ4v) is 3.71. The standard InChI is InChI=1S/C24H17FN2O5/c25-16-10-15-12-30-13-31-22(15)20(11-16)24(29)32-17-5-3-4-14(8-17)9-21-18-6-1-2-7-19(18)23(28)27-26-21/h1-8,10-11H,9,12-13H2,(H,27,28).